The summed E-state index contributed by atoms with van der Waals surface area (Å²) in [7, 11) is 1.88. The Kier molecular flexibility index (Phi) is 3.83. The first kappa shape index (κ1) is 13.2. The van der Waals surface area contributed by atoms with E-state index in [4.69, 9.17) is 0 Å². The average molecular weight is 263 g/mol. The van der Waals surface area contributed by atoms with Gasteiger partial charge in [-0.2, -0.15) is 11.3 Å². The second kappa shape index (κ2) is 5.21. The van der Waals surface area contributed by atoms with E-state index in [2.05, 4.69) is 23.0 Å². The zero-order chi connectivity index (χ0) is 13.3. The number of rotatable bonds is 3. The van der Waals surface area contributed by atoms with Crippen LogP contribution < -0.4 is 5.32 Å². The summed E-state index contributed by atoms with van der Waals surface area (Å²) in [6.07, 6.45) is 0. The maximum Gasteiger partial charge on any atom is 0.128 e. The molecule has 0 amide bonds. The molecular weight excluding hydrogens is 245 g/mol. The number of hydrogen-bond donors (Lipinski definition) is 1. The van der Waals surface area contributed by atoms with Crippen molar-refractivity contribution in [1.82, 2.24) is 5.32 Å². The molecule has 0 aliphatic heterocycles. The lowest BCUT2D eigenvalue weighted by Gasteiger charge is -2.20. The highest BCUT2D eigenvalue weighted by molar-refractivity contribution is 7.08. The molecule has 1 nitrogen and oxygen atoms in total. The van der Waals surface area contributed by atoms with E-state index in [0.29, 0.717) is 0 Å². The molecule has 1 aromatic carbocycles. The Hall–Kier alpha value is -1.19. The van der Waals surface area contributed by atoms with Crippen LogP contribution in [0, 0.1) is 26.6 Å². The van der Waals surface area contributed by atoms with Gasteiger partial charge in [0.2, 0.25) is 0 Å². The molecule has 0 fully saturated rings. The van der Waals surface area contributed by atoms with Crippen LogP contribution in [-0.4, -0.2) is 7.05 Å². The summed E-state index contributed by atoms with van der Waals surface area (Å²) in [5.74, 6) is -0.127. The van der Waals surface area contributed by atoms with Crippen molar-refractivity contribution in [2.24, 2.45) is 0 Å². The van der Waals surface area contributed by atoms with Gasteiger partial charge in [0.15, 0.2) is 0 Å². The lowest BCUT2D eigenvalue weighted by Crippen LogP contribution is -2.20. The van der Waals surface area contributed by atoms with Gasteiger partial charge in [-0.15, -0.1) is 0 Å². The lowest BCUT2D eigenvalue weighted by molar-refractivity contribution is 0.572. The normalized spacial score (nSPS) is 12.7. The van der Waals surface area contributed by atoms with Crippen LogP contribution in [0.25, 0.3) is 0 Å². The number of halogens is 1. The Labute approximate surface area is 112 Å². The predicted octanol–water partition coefficient (Wildman–Crippen LogP) is 4.12. The van der Waals surface area contributed by atoms with Gasteiger partial charge in [0.05, 0.1) is 6.04 Å². The maximum atomic E-state index is 14.2. The lowest BCUT2D eigenvalue weighted by atomic mass is 9.93. The molecule has 2 aromatic rings. The highest BCUT2D eigenvalue weighted by Gasteiger charge is 2.20. The Bertz CT molecular complexity index is 536. The van der Waals surface area contributed by atoms with Crippen LogP contribution in [0.1, 0.15) is 33.9 Å². The number of hydrogen-bond acceptors (Lipinski definition) is 2. The molecule has 0 aliphatic rings. The third-order valence-electron chi connectivity index (χ3n) is 3.26. The average Bonchev–Trinajstić information content (AvgIpc) is 2.69. The second-order valence-electron chi connectivity index (χ2n) is 4.71. The van der Waals surface area contributed by atoms with Gasteiger partial charge in [0.25, 0.3) is 0 Å². The molecule has 0 radical (unpaired) electrons. The quantitative estimate of drug-likeness (QED) is 0.878. The molecule has 96 valence electrons. The summed E-state index contributed by atoms with van der Waals surface area (Å²) >= 11 is 1.66. The van der Waals surface area contributed by atoms with E-state index in [-0.39, 0.29) is 11.9 Å². The number of nitrogens with one attached hydrogen (secondary N) is 1. The van der Waals surface area contributed by atoms with Crippen LogP contribution in [0.2, 0.25) is 0 Å². The Morgan fingerprint density at radius 2 is 1.83 bits per heavy atom. The molecule has 2 rings (SSSR count). The smallest absolute Gasteiger partial charge is 0.128 e. The van der Waals surface area contributed by atoms with Gasteiger partial charge < -0.3 is 5.32 Å². The van der Waals surface area contributed by atoms with Gasteiger partial charge in [-0.1, -0.05) is 6.07 Å². The summed E-state index contributed by atoms with van der Waals surface area (Å²) in [5.41, 5.74) is 5.08. The minimum atomic E-state index is -0.127. The summed E-state index contributed by atoms with van der Waals surface area (Å²) < 4.78 is 14.2. The van der Waals surface area contributed by atoms with E-state index in [0.717, 1.165) is 22.3 Å². The van der Waals surface area contributed by atoms with Gasteiger partial charge in [0, 0.05) is 5.56 Å². The van der Waals surface area contributed by atoms with Crippen LogP contribution in [0.15, 0.2) is 22.9 Å². The summed E-state index contributed by atoms with van der Waals surface area (Å²) in [6, 6.07) is 3.57. The molecule has 0 saturated heterocycles. The van der Waals surface area contributed by atoms with Crippen molar-refractivity contribution < 1.29 is 4.39 Å². The van der Waals surface area contributed by atoms with Crippen molar-refractivity contribution in [3.63, 3.8) is 0 Å². The topological polar surface area (TPSA) is 12.0 Å². The van der Waals surface area contributed by atoms with Gasteiger partial charge in [-0.05, 0) is 66.9 Å². The fourth-order valence-electron chi connectivity index (χ4n) is 2.41. The Morgan fingerprint density at radius 3 is 2.33 bits per heavy atom. The molecule has 1 heterocycles. The first-order valence-corrected chi connectivity index (χ1v) is 6.95. The molecule has 1 atom stereocenters. The van der Waals surface area contributed by atoms with Crippen molar-refractivity contribution in [2.75, 3.05) is 7.05 Å². The number of thiophene rings is 1. The number of benzene rings is 1. The van der Waals surface area contributed by atoms with Crippen LogP contribution >= 0.6 is 11.3 Å². The maximum absolute atomic E-state index is 14.2. The summed E-state index contributed by atoms with van der Waals surface area (Å²) in [4.78, 5) is 0. The zero-order valence-corrected chi connectivity index (χ0v) is 12.0. The van der Waals surface area contributed by atoms with E-state index in [1.807, 2.05) is 27.0 Å². The first-order chi connectivity index (χ1) is 8.54. The molecule has 0 bridgehead atoms. The predicted molar refractivity (Wildman–Crippen MR) is 75.8 cm³/mol. The summed E-state index contributed by atoms with van der Waals surface area (Å²) in [5, 5.41) is 7.42. The molecular formula is C15H18FNS. The highest BCUT2D eigenvalue weighted by Crippen LogP contribution is 2.31. The molecule has 1 aromatic heterocycles. The minimum absolute atomic E-state index is 0.0724. The molecule has 18 heavy (non-hydrogen) atoms. The van der Waals surface area contributed by atoms with E-state index in [1.54, 1.807) is 17.4 Å². The van der Waals surface area contributed by atoms with E-state index >= 15 is 0 Å². The molecule has 0 aliphatic carbocycles. The van der Waals surface area contributed by atoms with Crippen molar-refractivity contribution in [1.29, 1.82) is 0 Å². The van der Waals surface area contributed by atoms with Gasteiger partial charge in [-0.25, -0.2) is 4.39 Å². The molecule has 0 spiro atoms. The van der Waals surface area contributed by atoms with Gasteiger partial charge >= 0.3 is 0 Å². The minimum Gasteiger partial charge on any atom is -0.309 e. The van der Waals surface area contributed by atoms with Crippen molar-refractivity contribution in [2.45, 2.75) is 26.8 Å². The van der Waals surface area contributed by atoms with E-state index in [9.17, 15) is 4.39 Å². The first-order valence-electron chi connectivity index (χ1n) is 6.01. The monoisotopic (exact) mass is 263 g/mol. The standard InChI is InChI=1S/C15H18FNS/c1-9-5-10(2)14(13(16)6-9)15(17-4)12-8-18-7-11(12)3/h5-8,15,17H,1-4H3. The second-order valence-corrected chi connectivity index (χ2v) is 5.45. The van der Waals surface area contributed by atoms with E-state index in [1.165, 1.54) is 5.56 Å². The summed E-state index contributed by atoms with van der Waals surface area (Å²) in [6.45, 7) is 5.96. The SMILES string of the molecule is CNC(c1cscc1C)c1c(C)cc(C)cc1F. The van der Waals surface area contributed by atoms with Gasteiger partial charge in [-0.3, -0.25) is 0 Å². The Morgan fingerprint density at radius 1 is 1.11 bits per heavy atom. The zero-order valence-electron chi connectivity index (χ0n) is 11.2. The fourth-order valence-corrected chi connectivity index (χ4v) is 3.29. The van der Waals surface area contributed by atoms with Crippen LogP contribution in [0.4, 0.5) is 4.39 Å². The third kappa shape index (κ3) is 2.33. The highest BCUT2D eigenvalue weighted by atomic mass is 32.1. The van der Waals surface area contributed by atoms with E-state index < -0.39 is 0 Å². The Balaban J connectivity index is 2.56. The largest absolute Gasteiger partial charge is 0.309 e. The van der Waals surface area contributed by atoms with Crippen molar-refractivity contribution in [3.05, 3.63) is 56.5 Å². The number of aryl methyl sites for hydroxylation is 3. The van der Waals surface area contributed by atoms with Crippen LogP contribution in [-0.2, 0) is 0 Å². The van der Waals surface area contributed by atoms with Crippen LogP contribution in [0.5, 0.6) is 0 Å². The van der Waals surface area contributed by atoms with Crippen molar-refractivity contribution >= 4 is 11.3 Å². The molecule has 1 unspecified atom stereocenters. The molecule has 0 saturated carbocycles. The third-order valence-corrected chi connectivity index (χ3v) is 4.14. The fraction of sp³-hybridized carbons (Fsp3) is 0.333. The van der Waals surface area contributed by atoms with Gasteiger partial charge in [0.1, 0.15) is 5.82 Å². The van der Waals surface area contributed by atoms with Crippen LogP contribution in [0.3, 0.4) is 0 Å². The molecule has 1 N–H and O–H groups in total. The molecule has 3 heteroatoms. The van der Waals surface area contributed by atoms with Crippen molar-refractivity contribution in [3.8, 4) is 0 Å².